The Kier molecular flexibility index (Phi) is 5.22. The number of rotatable bonds is 5. The van der Waals surface area contributed by atoms with E-state index in [9.17, 15) is 14.9 Å². The van der Waals surface area contributed by atoms with Gasteiger partial charge in [0.25, 0.3) is 11.6 Å². The molecule has 4 rings (SSSR count). The van der Waals surface area contributed by atoms with Gasteiger partial charge in [0, 0.05) is 23.6 Å². The van der Waals surface area contributed by atoms with Crippen LogP contribution in [0, 0.1) is 22.0 Å². The Morgan fingerprint density at radius 1 is 1.00 bits per heavy atom. The number of nitrogens with zero attached hydrogens (tertiary/aromatic N) is 3. The first-order valence-electron chi connectivity index (χ1n) is 9.57. The molecule has 1 amide bonds. The van der Waals surface area contributed by atoms with E-state index >= 15 is 0 Å². The zero-order chi connectivity index (χ0) is 21.3. The summed E-state index contributed by atoms with van der Waals surface area (Å²) in [4.78, 5) is 23.7. The summed E-state index contributed by atoms with van der Waals surface area (Å²) in [7, 11) is 3.15. The van der Waals surface area contributed by atoms with Crippen LogP contribution < -0.4 is 14.5 Å². The number of nitro groups is 1. The SMILES string of the molecule is COc1ccc(C2=NN(c3ccc([N+](=O)[O-])cc3)C(=O)C3CC=CCC23)cc1OC. The van der Waals surface area contributed by atoms with Crippen LogP contribution in [0.3, 0.4) is 0 Å². The van der Waals surface area contributed by atoms with Crippen molar-refractivity contribution in [2.75, 3.05) is 19.2 Å². The number of nitro benzene ring substituents is 1. The summed E-state index contributed by atoms with van der Waals surface area (Å²) < 4.78 is 10.8. The lowest BCUT2D eigenvalue weighted by molar-refractivity contribution is -0.384. The van der Waals surface area contributed by atoms with Crippen molar-refractivity contribution in [2.45, 2.75) is 12.8 Å². The number of fused-ring (bicyclic) bond motifs is 1. The minimum Gasteiger partial charge on any atom is -0.493 e. The molecule has 2 atom stereocenters. The average molecular weight is 407 g/mol. The molecule has 0 fully saturated rings. The second kappa shape index (κ2) is 7.98. The predicted molar refractivity (Wildman–Crippen MR) is 112 cm³/mol. The monoisotopic (exact) mass is 407 g/mol. The largest absolute Gasteiger partial charge is 0.493 e. The van der Waals surface area contributed by atoms with Crippen LogP contribution in [0.4, 0.5) is 11.4 Å². The zero-order valence-electron chi connectivity index (χ0n) is 16.6. The van der Waals surface area contributed by atoms with E-state index in [0.29, 0.717) is 23.6 Å². The maximum atomic E-state index is 13.2. The number of amides is 1. The summed E-state index contributed by atoms with van der Waals surface area (Å²) in [5.74, 6) is 0.795. The van der Waals surface area contributed by atoms with Crippen molar-refractivity contribution < 1.29 is 19.2 Å². The van der Waals surface area contributed by atoms with Gasteiger partial charge in [-0.2, -0.15) is 5.10 Å². The summed E-state index contributed by atoms with van der Waals surface area (Å²) in [6.07, 6.45) is 5.44. The zero-order valence-corrected chi connectivity index (χ0v) is 16.6. The van der Waals surface area contributed by atoms with Crippen LogP contribution in [0.25, 0.3) is 0 Å². The highest BCUT2D eigenvalue weighted by atomic mass is 16.6. The lowest BCUT2D eigenvalue weighted by Crippen LogP contribution is -2.45. The van der Waals surface area contributed by atoms with Crippen molar-refractivity contribution in [1.29, 1.82) is 0 Å². The molecule has 1 heterocycles. The molecule has 0 N–H and O–H groups in total. The van der Waals surface area contributed by atoms with Crippen molar-refractivity contribution in [3.8, 4) is 11.5 Å². The van der Waals surface area contributed by atoms with Crippen molar-refractivity contribution in [2.24, 2.45) is 16.9 Å². The topological polar surface area (TPSA) is 94.3 Å². The van der Waals surface area contributed by atoms with Crippen molar-refractivity contribution >= 4 is 23.0 Å². The normalized spacial score (nSPS) is 20.4. The van der Waals surface area contributed by atoms with Gasteiger partial charge in [0.05, 0.1) is 36.5 Å². The summed E-state index contributed by atoms with van der Waals surface area (Å²) in [6.45, 7) is 0. The van der Waals surface area contributed by atoms with Gasteiger partial charge in [-0.15, -0.1) is 0 Å². The number of carbonyl (C=O) groups excluding carboxylic acids is 1. The fourth-order valence-corrected chi connectivity index (χ4v) is 3.95. The molecule has 2 aliphatic rings. The fraction of sp³-hybridized carbons (Fsp3) is 0.273. The van der Waals surface area contributed by atoms with E-state index in [1.165, 1.54) is 17.1 Å². The molecule has 0 saturated heterocycles. The minimum atomic E-state index is -0.470. The maximum absolute atomic E-state index is 13.2. The Balaban J connectivity index is 1.80. The molecule has 2 aromatic rings. The standard InChI is InChI=1S/C22H21N3O5/c1-29-19-12-7-14(13-20(19)30-2)21-17-5-3-4-6-18(17)22(26)24(23-21)15-8-10-16(11-9-15)25(27)28/h3-4,7-13,17-18H,5-6H2,1-2H3. The number of carbonyl (C=O) groups is 1. The highest BCUT2D eigenvalue weighted by Crippen LogP contribution is 2.38. The van der Waals surface area contributed by atoms with E-state index in [1.54, 1.807) is 26.4 Å². The van der Waals surface area contributed by atoms with Gasteiger partial charge in [0.2, 0.25) is 0 Å². The van der Waals surface area contributed by atoms with Crippen LogP contribution in [-0.4, -0.2) is 30.8 Å². The molecule has 30 heavy (non-hydrogen) atoms. The maximum Gasteiger partial charge on any atom is 0.269 e. The summed E-state index contributed by atoms with van der Waals surface area (Å²) in [5.41, 5.74) is 2.09. The van der Waals surface area contributed by atoms with E-state index < -0.39 is 4.92 Å². The third kappa shape index (κ3) is 3.41. The number of methoxy groups -OCH3 is 2. The minimum absolute atomic E-state index is 0.0363. The van der Waals surface area contributed by atoms with Gasteiger partial charge in [0.15, 0.2) is 11.5 Å². The van der Waals surface area contributed by atoms with E-state index in [0.717, 1.165) is 17.7 Å². The van der Waals surface area contributed by atoms with Crippen molar-refractivity contribution in [3.05, 3.63) is 70.3 Å². The van der Waals surface area contributed by atoms with Gasteiger partial charge in [-0.1, -0.05) is 12.2 Å². The summed E-state index contributed by atoms with van der Waals surface area (Å²) in [5, 5.41) is 17.0. The smallest absolute Gasteiger partial charge is 0.269 e. The fourth-order valence-electron chi connectivity index (χ4n) is 3.95. The average Bonchev–Trinajstić information content (AvgIpc) is 2.79. The molecule has 2 aromatic carbocycles. The van der Waals surface area contributed by atoms with E-state index in [2.05, 4.69) is 6.08 Å². The molecule has 154 valence electrons. The lowest BCUT2D eigenvalue weighted by Gasteiger charge is -2.37. The van der Waals surface area contributed by atoms with E-state index in [-0.39, 0.29) is 23.4 Å². The number of hydrazone groups is 1. The quantitative estimate of drug-likeness (QED) is 0.425. The Labute approximate surface area is 173 Å². The molecule has 0 spiro atoms. The Bertz CT molecular complexity index is 1050. The number of non-ortho nitro benzene ring substituents is 1. The Morgan fingerprint density at radius 3 is 2.30 bits per heavy atom. The van der Waals surface area contributed by atoms with Crippen LogP contribution in [0.2, 0.25) is 0 Å². The van der Waals surface area contributed by atoms with Crippen LogP contribution in [0.5, 0.6) is 11.5 Å². The lowest BCUT2D eigenvalue weighted by atomic mass is 9.76. The first-order valence-corrected chi connectivity index (χ1v) is 9.57. The summed E-state index contributed by atoms with van der Waals surface area (Å²) >= 11 is 0. The molecule has 1 aliphatic heterocycles. The first-order chi connectivity index (χ1) is 14.5. The van der Waals surface area contributed by atoms with Crippen LogP contribution >= 0.6 is 0 Å². The van der Waals surface area contributed by atoms with Crippen LogP contribution in [0.1, 0.15) is 18.4 Å². The van der Waals surface area contributed by atoms with Gasteiger partial charge >= 0.3 is 0 Å². The van der Waals surface area contributed by atoms with E-state index in [4.69, 9.17) is 14.6 Å². The Hall–Kier alpha value is -3.68. The predicted octanol–water partition coefficient (Wildman–Crippen LogP) is 3.95. The molecule has 2 unspecified atom stereocenters. The van der Waals surface area contributed by atoms with Crippen molar-refractivity contribution in [1.82, 2.24) is 0 Å². The van der Waals surface area contributed by atoms with Gasteiger partial charge < -0.3 is 9.47 Å². The molecule has 1 aliphatic carbocycles. The molecule has 8 heteroatoms. The van der Waals surface area contributed by atoms with Gasteiger partial charge in [-0.3, -0.25) is 14.9 Å². The number of benzene rings is 2. The molecule has 0 bridgehead atoms. The molecule has 8 nitrogen and oxygen atoms in total. The Morgan fingerprint density at radius 2 is 1.67 bits per heavy atom. The van der Waals surface area contributed by atoms with Crippen molar-refractivity contribution in [3.63, 3.8) is 0 Å². The molecular formula is C22H21N3O5. The molecule has 0 saturated carbocycles. The van der Waals surface area contributed by atoms with Gasteiger partial charge in [-0.05, 0) is 43.2 Å². The third-order valence-corrected chi connectivity index (χ3v) is 5.50. The highest BCUT2D eigenvalue weighted by Gasteiger charge is 2.40. The number of ether oxygens (including phenoxy) is 2. The molecule has 0 aromatic heterocycles. The second-order valence-corrected chi connectivity index (χ2v) is 7.13. The third-order valence-electron chi connectivity index (χ3n) is 5.50. The van der Waals surface area contributed by atoms with Gasteiger partial charge in [-0.25, -0.2) is 5.01 Å². The second-order valence-electron chi connectivity index (χ2n) is 7.13. The number of anilines is 1. The van der Waals surface area contributed by atoms with Gasteiger partial charge in [0.1, 0.15) is 0 Å². The summed E-state index contributed by atoms with van der Waals surface area (Å²) in [6, 6.07) is 11.4. The first kappa shape index (κ1) is 19.6. The van der Waals surface area contributed by atoms with E-state index in [1.807, 2.05) is 24.3 Å². The molecule has 0 radical (unpaired) electrons. The highest BCUT2D eigenvalue weighted by molar-refractivity contribution is 6.11. The van der Waals surface area contributed by atoms with Crippen LogP contribution in [0.15, 0.2) is 59.7 Å². The van der Waals surface area contributed by atoms with Crippen LogP contribution in [-0.2, 0) is 4.79 Å². The number of allylic oxidation sites excluding steroid dienone is 2. The number of hydrogen-bond acceptors (Lipinski definition) is 6. The number of hydrogen-bond donors (Lipinski definition) is 0. The molecular weight excluding hydrogens is 386 g/mol.